The Labute approximate surface area is 125 Å². The second-order valence-corrected chi connectivity index (χ2v) is 6.28. The first-order valence-corrected chi connectivity index (χ1v) is 7.14. The van der Waals surface area contributed by atoms with Gasteiger partial charge in [-0.05, 0) is 11.8 Å². The van der Waals surface area contributed by atoms with Crippen molar-refractivity contribution < 1.29 is 19.6 Å². The first kappa shape index (κ1) is 19.4. The predicted octanol–water partition coefficient (Wildman–Crippen LogP) is 0.657. The maximum absolute atomic E-state index is 12.3. The number of hydrogen-bond acceptors (Lipinski definition) is 4. The highest BCUT2D eigenvalue weighted by atomic mass is 16.5. The van der Waals surface area contributed by atoms with Gasteiger partial charge in [-0.3, -0.25) is 19.6 Å². The van der Waals surface area contributed by atoms with Gasteiger partial charge in [-0.2, -0.15) is 0 Å². The van der Waals surface area contributed by atoms with E-state index in [1.54, 1.807) is 20.8 Å². The van der Waals surface area contributed by atoms with Gasteiger partial charge >= 0.3 is 0 Å². The Morgan fingerprint density at radius 3 is 2.33 bits per heavy atom. The standard InChI is InChI=1S/C14H27N3O4/c1-5-6-7-10(8-17(21)9-18)13(20)16-11(12(15)19)14(2,3)4/h9-11,21H,5-8H2,1-4H3,(H2,15,19)(H,16,20)/t10-,11+/m0/s1. The summed E-state index contributed by atoms with van der Waals surface area (Å²) in [6.07, 6.45) is 2.43. The topological polar surface area (TPSA) is 113 Å². The van der Waals surface area contributed by atoms with Crippen LogP contribution >= 0.6 is 0 Å². The Morgan fingerprint density at radius 2 is 1.95 bits per heavy atom. The van der Waals surface area contributed by atoms with Crippen LogP contribution in [0, 0.1) is 11.3 Å². The molecule has 7 nitrogen and oxygen atoms in total. The molecule has 0 bridgehead atoms. The summed E-state index contributed by atoms with van der Waals surface area (Å²) in [5.41, 5.74) is 4.82. The van der Waals surface area contributed by atoms with Gasteiger partial charge < -0.3 is 11.1 Å². The largest absolute Gasteiger partial charge is 0.368 e. The van der Waals surface area contributed by atoms with Gasteiger partial charge in [0, 0.05) is 0 Å². The molecule has 0 aromatic carbocycles. The lowest BCUT2D eigenvalue weighted by molar-refractivity contribution is -0.155. The molecular weight excluding hydrogens is 274 g/mol. The summed E-state index contributed by atoms with van der Waals surface area (Å²) in [6, 6.07) is -0.808. The number of hydrogen-bond donors (Lipinski definition) is 3. The first-order valence-electron chi connectivity index (χ1n) is 7.14. The van der Waals surface area contributed by atoms with Gasteiger partial charge in [0.1, 0.15) is 6.04 Å². The zero-order valence-electron chi connectivity index (χ0n) is 13.3. The third-order valence-electron chi connectivity index (χ3n) is 3.24. The second-order valence-electron chi connectivity index (χ2n) is 6.28. The molecule has 0 aliphatic carbocycles. The number of nitrogens with two attached hydrogens (primary N) is 1. The van der Waals surface area contributed by atoms with Gasteiger partial charge in [0.15, 0.2) is 0 Å². The molecule has 7 heteroatoms. The minimum Gasteiger partial charge on any atom is -0.368 e. The maximum Gasteiger partial charge on any atom is 0.240 e. The van der Waals surface area contributed by atoms with Gasteiger partial charge in [0.05, 0.1) is 12.5 Å². The molecule has 0 saturated heterocycles. The van der Waals surface area contributed by atoms with Crippen molar-refractivity contribution in [3.63, 3.8) is 0 Å². The number of nitrogens with zero attached hydrogens (tertiary/aromatic N) is 1. The molecule has 4 N–H and O–H groups in total. The Morgan fingerprint density at radius 1 is 1.38 bits per heavy atom. The molecule has 3 amide bonds. The fraction of sp³-hybridized carbons (Fsp3) is 0.786. The molecule has 2 atom stereocenters. The summed E-state index contributed by atoms with van der Waals surface area (Å²) in [7, 11) is 0. The van der Waals surface area contributed by atoms with E-state index in [4.69, 9.17) is 5.73 Å². The van der Waals surface area contributed by atoms with Crippen LogP contribution in [0.2, 0.25) is 0 Å². The van der Waals surface area contributed by atoms with Gasteiger partial charge in [-0.1, -0.05) is 40.5 Å². The first-order chi connectivity index (χ1) is 9.63. The second kappa shape index (κ2) is 8.61. The Hall–Kier alpha value is -1.63. The third kappa shape index (κ3) is 7.08. The fourth-order valence-electron chi connectivity index (χ4n) is 2.00. The van der Waals surface area contributed by atoms with Crippen molar-refractivity contribution in [1.82, 2.24) is 10.4 Å². The highest BCUT2D eigenvalue weighted by Gasteiger charge is 2.33. The highest BCUT2D eigenvalue weighted by Crippen LogP contribution is 2.20. The molecule has 0 rings (SSSR count). The van der Waals surface area contributed by atoms with Gasteiger partial charge in [-0.25, -0.2) is 5.06 Å². The Kier molecular flexibility index (Phi) is 7.94. The molecule has 0 spiro atoms. The number of nitrogens with one attached hydrogen (secondary N) is 1. The number of unbranched alkanes of at least 4 members (excludes halogenated alkanes) is 1. The molecule has 122 valence electrons. The lowest BCUT2D eigenvalue weighted by Gasteiger charge is -2.30. The quantitative estimate of drug-likeness (QED) is 0.330. The Balaban J connectivity index is 4.92. The average molecular weight is 301 g/mol. The SMILES string of the molecule is CCCC[C@@H](CN(O)C=O)C(=O)N[C@H](C(N)=O)C(C)(C)C. The molecule has 0 aliphatic heterocycles. The van der Waals surface area contributed by atoms with Crippen LogP contribution in [-0.4, -0.2) is 41.1 Å². The summed E-state index contributed by atoms with van der Waals surface area (Å²) in [5.74, 6) is -1.58. The van der Waals surface area contributed by atoms with Crippen molar-refractivity contribution >= 4 is 18.2 Å². The van der Waals surface area contributed by atoms with E-state index in [9.17, 15) is 19.6 Å². The minimum absolute atomic E-state index is 0.106. The van der Waals surface area contributed by atoms with E-state index in [1.165, 1.54) is 0 Å². The number of carbonyl (C=O) groups excluding carboxylic acids is 3. The number of carbonyl (C=O) groups is 3. The number of hydroxylamine groups is 2. The third-order valence-corrected chi connectivity index (χ3v) is 3.24. The molecular formula is C14H27N3O4. The smallest absolute Gasteiger partial charge is 0.240 e. The van der Waals surface area contributed by atoms with Crippen LogP contribution in [0.1, 0.15) is 47.0 Å². The maximum atomic E-state index is 12.3. The molecule has 0 unspecified atom stereocenters. The van der Waals surface area contributed by atoms with Gasteiger partial charge in [-0.15, -0.1) is 0 Å². The van der Waals surface area contributed by atoms with Crippen molar-refractivity contribution in [3.05, 3.63) is 0 Å². The average Bonchev–Trinajstić information content (AvgIpc) is 2.38. The fourth-order valence-corrected chi connectivity index (χ4v) is 2.00. The van der Waals surface area contributed by atoms with Crippen LogP contribution in [0.15, 0.2) is 0 Å². The summed E-state index contributed by atoms with van der Waals surface area (Å²) in [4.78, 5) is 34.3. The van der Waals surface area contributed by atoms with E-state index in [0.717, 1.165) is 12.8 Å². The van der Waals surface area contributed by atoms with Crippen molar-refractivity contribution in [3.8, 4) is 0 Å². The van der Waals surface area contributed by atoms with Crippen LogP contribution in [0.4, 0.5) is 0 Å². The van der Waals surface area contributed by atoms with Crippen molar-refractivity contribution in [2.45, 2.75) is 53.0 Å². The van der Waals surface area contributed by atoms with Gasteiger partial charge in [0.2, 0.25) is 18.2 Å². The number of rotatable bonds is 9. The van der Waals surface area contributed by atoms with E-state index in [0.29, 0.717) is 11.5 Å². The van der Waals surface area contributed by atoms with E-state index >= 15 is 0 Å². The van der Waals surface area contributed by atoms with Crippen LogP contribution in [0.3, 0.4) is 0 Å². The van der Waals surface area contributed by atoms with Crippen LogP contribution < -0.4 is 11.1 Å². The van der Waals surface area contributed by atoms with Crippen LogP contribution in [-0.2, 0) is 14.4 Å². The molecule has 0 aromatic heterocycles. The number of primary amides is 1. The zero-order chi connectivity index (χ0) is 16.6. The molecule has 21 heavy (non-hydrogen) atoms. The summed E-state index contributed by atoms with van der Waals surface area (Å²) < 4.78 is 0. The Bertz CT molecular complexity index is 366. The minimum atomic E-state index is -0.808. The monoisotopic (exact) mass is 301 g/mol. The van der Waals surface area contributed by atoms with Gasteiger partial charge in [0.25, 0.3) is 0 Å². The van der Waals surface area contributed by atoms with E-state index in [2.05, 4.69) is 5.32 Å². The van der Waals surface area contributed by atoms with E-state index in [-0.39, 0.29) is 18.9 Å². The zero-order valence-corrected chi connectivity index (χ0v) is 13.3. The van der Waals surface area contributed by atoms with Crippen LogP contribution in [0.5, 0.6) is 0 Å². The molecule has 0 saturated carbocycles. The summed E-state index contributed by atoms with van der Waals surface area (Å²) in [6.45, 7) is 7.27. The van der Waals surface area contributed by atoms with Crippen molar-refractivity contribution in [1.29, 1.82) is 0 Å². The number of amides is 3. The lowest BCUT2D eigenvalue weighted by atomic mass is 9.85. The van der Waals surface area contributed by atoms with Crippen molar-refractivity contribution in [2.75, 3.05) is 6.54 Å². The normalized spacial score (nSPS) is 14.1. The predicted molar refractivity (Wildman–Crippen MR) is 78.2 cm³/mol. The highest BCUT2D eigenvalue weighted by molar-refractivity contribution is 5.88. The van der Waals surface area contributed by atoms with Crippen LogP contribution in [0.25, 0.3) is 0 Å². The summed E-state index contributed by atoms with van der Waals surface area (Å²) in [5, 5.41) is 12.3. The van der Waals surface area contributed by atoms with Crippen molar-refractivity contribution in [2.24, 2.45) is 17.1 Å². The van der Waals surface area contributed by atoms with E-state index in [1.807, 2.05) is 6.92 Å². The molecule has 0 aromatic rings. The summed E-state index contributed by atoms with van der Waals surface area (Å²) >= 11 is 0. The molecule has 0 radical (unpaired) electrons. The lowest BCUT2D eigenvalue weighted by Crippen LogP contribution is -2.54. The molecule has 0 heterocycles. The molecule has 0 fully saturated rings. The van der Waals surface area contributed by atoms with E-state index < -0.39 is 23.3 Å². The molecule has 0 aliphatic rings.